The van der Waals surface area contributed by atoms with Crippen molar-refractivity contribution in [2.24, 2.45) is 0 Å². The predicted octanol–water partition coefficient (Wildman–Crippen LogP) is -0.143. The molecule has 0 radical (unpaired) electrons. The summed E-state index contributed by atoms with van der Waals surface area (Å²) in [7, 11) is 0.0779. The summed E-state index contributed by atoms with van der Waals surface area (Å²) in [5, 5.41) is 1.44. The summed E-state index contributed by atoms with van der Waals surface area (Å²) in [5.74, 6) is 0. The van der Waals surface area contributed by atoms with Gasteiger partial charge < -0.3 is 4.98 Å². The van der Waals surface area contributed by atoms with Crippen LogP contribution in [-0.4, -0.2) is 14.5 Å². The molecule has 0 aliphatic heterocycles. The fraction of sp³-hybridized carbons (Fsp3) is 0.200. The lowest BCUT2D eigenvalue weighted by Crippen LogP contribution is -2.09. The predicted molar refractivity (Wildman–Crippen MR) is 34.8 cm³/mol. The number of aromatic nitrogens is 1. The van der Waals surface area contributed by atoms with Crippen LogP contribution in [0.25, 0.3) is 0 Å². The van der Waals surface area contributed by atoms with Crippen LogP contribution < -0.4 is 5.32 Å². The van der Waals surface area contributed by atoms with Crippen LogP contribution in [0.4, 0.5) is 0 Å². The molecule has 1 heterocycles. The van der Waals surface area contributed by atoms with Gasteiger partial charge in [0.15, 0.2) is 0 Å². The van der Waals surface area contributed by atoms with Crippen LogP contribution in [0.1, 0.15) is 0 Å². The minimum absolute atomic E-state index is 0.0779. The van der Waals surface area contributed by atoms with Crippen molar-refractivity contribution >= 4 is 14.8 Å². The van der Waals surface area contributed by atoms with E-state index in [-0.39, 0.29) is 9.52 Å². The van der Waals surface area contributed by atoms with Gasteiger partial charge in [-0.3, -0.25) is 0 Å². The van der Waals surface area contributed by atoms with Gasteiger partial charge in [0, 0.05) is 6.20 Å². The number of hydrogen-bond donors (Lipinski definition) is 1. The van der Waals surface area contributed by atoms with E-state index in [1.165, 1.54) is 5.32 Å². The Balaban J connectivity index is 2.76. The van der Waals surface area contributed by atoms with E-state index in [1.54, 1.807) is 0 Å². The van der Waals surface area contributed by atoms with Gasteiger partial charge in [-0.15, -0.1) is 0 Å². The van der Waals surface area contributed by atoms with E-state index in [9.17, 15) is 0 Å². The quantitative estimate of drug-likeness (QED) is 0.485. The second kappa shape index (κ2) is 1.98. The van der Waals surface area contributed by atoms with Gasteiger partial charge >= 0.3 is 0 Å². The molecule has 0 aromatic carbocycles. The maximum absolute atomic E-state index is 3.15. The zero-order chi connectivity index (χ0) is 5.11. The fourth-order valence-electron chi connectivity index (χ4n) is 0.587. The average Bonchev–Trinajstić information content (AvgIpc) is 2.14. The molecule has 0 aliphatic carbocycles. The molecule has 0 amide bonds. The Kier molecular flexibility index (Phi) is 1.31. The minimum atomic E-state index is 0.0779. The third kappa shape index (κ3) is 0.931. The van der Waals surface area contributed by atoms with Gasteiger partial charge in [0.25, 0.3) is 0 Å². The zero-order valence-corrected chi connectivity index (χ0v) is 5.85. The second-order valence-electron chi connectivity index (χ2n) is 1.55. The smallest absolute Gasteiger partial charge is 0.0723 e. The molecule has 0 spiro atoms. The van der Waals surface area contributed by atoms with E-state index >= 15 is 0 Å². The molecular formula is C5H9NSi. The number of aromatic amines is 1. The molecule has 2 heteroatoms. The topological polar surface area (TPSA) is 15.8 Å². The highest BCUT2D eigenvalue weighted by Crippen LogP contribution is 1.72. The molecule has 1 aromatic rings. The summed E-state index contributed by atoms with van der Waals surface area (Å²) in [4.78, 5) is 3.15. The molecule has 0 bridgehead atoms. The summed E-state index contributed by atoms with van der Waals surface area (Å²) >= 11 is 0. The minimum Gasteiger partial charge on any atom is -0.369 e. The van der Waals surface area contributed by atoms with Crippen LogP contribution in [0.2, 0.25) is 6.55 Å². The first-order valence-corrected chi connectivity index (χ1v) is 4.68. The van der Waals surface area contributed by atoms with Crippen molar-refractivity contribution in [2.75, 3.05) is 0 Å². The SMILES string of the molecule is C[SiH2]c1ccc[nH]1. The number of H-pyrrole nitrogens is 1. The molecule has 0 saturated heterocycles. The fourth-order valence-corrected chi connectivity index (χ4v) is 1.28. The maximum Gasteiger partial charge on any atom is 0.0723 e. The van der Waals surface area contributed by atoms with Gasteiger partial charge in [-0.25, -0.2) is 0 Å². The van der Waals surface area contributed by atoms with Crippen molar-refractivity contribution in [2.45, 2.75) is 6.55 Å². The first kappa shape index (κ1) is 4.65. The largest absolute Gasteiger partial charge is 0.369 e. The van der Waals surface area contributed by atoms with Crippen molar-refractivity contribution in [3.05, 3.63) is 18.3 Å². The van der Waals surface area contributed by atoms with Crippen LogP contribution in [0.3, 0.4) is 0 Å². The molecule has 38 valence electrons. The molecule has 1 aromatic heterocycles. The van der Waals surface area contributed by atoms with Gasteiger partial charge in [-0.1, -0.05) is 6.55 Å². The van der Waals surface area contributed by atoms with E-state index in [2.05, 4.69) is 17.6 Å². The Bertz CT molecular complexity index is 123. The van der Waals surface area contributed by atoms with Gasteiger partial charge in [0.05, 0.1) is 9.52 Å². The van der Waals surface area contributed by atoms with E-state index in [0.29, 0.717) is 0 Å². The normalized spacial score (nSPS) is 11.0. The number of rotatable bonds is 1. The van der Waals surface area contributed by atoms with Crippen LogP contribution in [0.15, 0.2) is 18.3 Å². The van der Waals surface area contributed by atoms with Crippen LogP contribution >= 0.6 is 0 Å². The first-order valence-electron chi connectivity index (χ1n) is 2.55. The molecule has 7 heavy (non-hydrogen) atoms. The summed E-state index contributed by atoms with van der Waals surface area (Å²) in [6.45, 7) is 2.27. The Labute approximate surface area is 45.6 Å². The molecule has 0 saturated carbocycles. The summed E-state index contributed by atoms with van der Waals surface area (Å²) in [5.41, 5.74) is 0. The lowest BCUT2D eigenvalue weighted by atomic mass is 10.7. The number of nitrogens with one attached hydrogen (secondary N) is 1. The van der Waals surface area contributed by atoms with Gasteiger partial charge in [0.1, 0.15) is 0 Å². The Morgan fingerprint density at radius 1 is 1.71 bits per heavy atom. The van der Waals surface area contributed by atoms with E-state index in [1.807, 2.05) is 12.3 Å². The van der Waals surface area contributed by atoms with Crippen molar-refractivity contribution in [3.8, 4) is 0 Å². The lowest BCUT2D eigenvalue weighted by Gasteiger charge is -1.80. The Morgan fingerprint density at radius 2 is 2.57 bits per heavy atom. The highest BCUT2D eigenvalue weighted by atomic mass is 28.2. The second-order valence-corrected chi connectivity index (χ2v) is 3.02. The Morgan fingerprint density at radius 3 is 2.86 bits per heavy atom. The number of hydrogen-bond acceptors (Lipinski definition) is 0. The molecule has 0 atom stereocenters. The summed E-state index contributed by atoms with van der Waals surface area (Å²) < 4.78 is 0. The lowest BCUT2D eigenvalue weighted by molar-refractivity contribution is 1.47. The molecule has 1 rings (SSSR count). The van der Waals surface area contributed by atoms with Crippen molar-refractivity contribution in [1.82, 2.24) is 4.98 Å². The third-order valence-electron chi connectivity index (χ3n) is 1.04. The highest BCUT2D eigenvalue weighted by Gasteiger charge is 1.81. The van der Waals surface area contributed by atoms with Gasteiger partial charge in [0.2, 0.25) is 0 Å². The van der Waals surface area contributed by atoms with Crippen molar-refractivity contribution < 1.29 is 0 Å². The zero-order valence-electron chi connectivity index (χ0n) is 4.44. The molecule has 0 aliphatic rings. The highest BCUT2D eigenvalue weighted by molar-refractivity contribution is 6.50. The van der Waals surface area contributed by atoms with Crippen LogP contribution in [0.5, 0.6) is 0 Å². The first-order chi connectivity index (χ1) is 3.43. The van der Waals surface area contributed by atoms with E-state index in [4.69, 9.17) is 0 Å². The van der Waals surface area contributed by atoms with Gasteiger partial charge in [-0.05, 0) is 17.4 Å². The molecule has 0 unspecified atom stereocenters. The maximum atomic E-state index is 3.15. The average molecular weight is 111 g/mol. The van der Waals surface area contributed by atoms with Crippen LogP contribution in [0, 0.1) is 0 Å². The van der Waals surface area contributed by atoms with E-state index < -0.39 is 0 Å². The monoisotopic (exact) mass is 111 g/mol. The molecule has 1 nitrogen and oxygen atoms in total. The molecule has 0 fully saturated rings. The summed E-state index contributed by atoms with van der Waals surface area (Å²) in [6, 6.07) is 4.19. The standard InChI is InChI=1S/C5H9NSi/c1-7-5-3-2-4-6-5/h2-4,6H,7H2,1H3. The summed E-state index contributed by atoms with van der Waals surface area (Å²) in [6.07, 6.45) is 1.98. The third-order valence-corrected chi connectivity index (χ3v) is 2.24. The van der Waals surface area contributed by atoms with Crippen LogP contribution in [-0.2, 0) is 0 Å². The van der Waals surface area contributed by atoms with Crippen molar-refractivity contribution in [1.29, 1.82) is 0 Å². The van der Waals surface area contributed by atoms with Gasteiger partial charge in [-0.2, -0.15) is 0 Å². The van der Waals surface area contributed by atoms with Crippen molar-refractivity contribution in [3.63, 3.8) is 0 Å². The molecule has 1 N–H and O–H groups in total. The molecular weight excluding hydrogens is 102 g/mol. The van der Waals surface area contributed by atoms with E-state index in [0.717, 1.165) is 0 Å². The Hall–Kier alpha value is -0.503.